The quantitative estimate of drug-likeness (QED) is 0.716. The molecule has 1 amide bonds. The first-order valence-electron chi connectivity index (χ1n) is 9.40. The highest BCUT2D eigenvalue weighted by atomic mass is 19.1. The van der Waals surface area contributed by atoms with E-state index in [0.717, 1.165) is 0 Å². The normalized spacial score (nSPS) is 11.2. The molecule has 0 aliphatic rings. The summed E-state index contributed by atoms with van der Waals surface area (Å²) in [6, 6.07) is 7.58. The zero-order valence-electron chi connectivity index (χ0n) is 16.8. The van der Waals surface area contributed by atoms with Crippen molar-refractivity contribution in [3.05, 3.63) is 73.8 Å². The van der Waals surface area contributed by atoms with Crippen LogP contribution in [0.25, 0.3) is 11.0 Å². The standard InChI is InChI=1S/C21H23FN4O3/c1-5-26-18-17(19(27)24-21(26)29)15(10-16(23-18)12(2)3)20(28)25(4)11-13-7-6-8-14(22)9-13/h6-10,12H,5,11H2,1-4H3,(H,24,27,29). The molecule has 0 aliphatic heterocycles. The second-order valence-electron chi connectivity index (χ2n) is 7.24. The minimum absolute atomic E-state index is 0.0147. The number of benzene rings is 1. The highest BCUT2D eigenvalue weighted by Crippen LogP contribution is 2.21. The molecule has 0 spiro atoms. The number of pyridine rings is 1. The van der Waals surface area contributed by atoms with E-state index in [4.69, 9.17) is 0 Å². The fraction of sp³-hybridized carbons (Fsp3) is 0.333. The minimum Gasteiger partial charge on any atom is -0.337 e. The van der Waals surface area contributed by atoms with Crippen LogP contribution in [0.15, 0.2) is 39.9 Å². The van der Waals surface area contributed by atoms with Gasteiger partial charge in [-0.2, -0.15) is 0 Å². The van der Waals surface area contributed by atoms with E-state index in [1.807, 2.05) is 13.8 Å². The van der Waals surface area contributed by atoms with Crippen LogP contribution < -0.4 is 11.2 Å². The Bertz CT molecular complexity index is 1200. The van der Waals surface area contributed by atoms with E-state index >= 15 is 0 Å². The number of hydrogen-bond donors (Lipinski definition) is 1. The van der Waals surface area contributed by atoms with E-state index in [1.165, 1.54) is 21.6 Å². The molecule has 0 radical (unpaired) electrons. The van der Waals surface area contributed by atoms with Crippen molar-refractivity contribution in [1.29, 1.82) is 0 Å². The molecule has 3 rings (SSSR count). The van der Waals surface area contributed by atoms with Crippen LogP contribution >= 0.6 is 0 Å². The number of aryl methyl sites for hydroxylation is 1. The molecule has 0 bridgehead atoms. The summed E-state index contributed by atoms with van der Waals surface area (Å²) >= 11 is 0. The van der Waals surface area contributed by atoms with Gasteiger partial charge in [0, 0.05) is 25.8 Å². The molecular formula is C21H23FN4O3. The fourth-order valence-corrected chi connectivity index (χ4v) is 3.24. The Balaban J connectivity index is 2.18. The van der Waals surface area contributed by atoms with Crippen LogP contribution in [-0.4, -0.2) is 32.4 Å². The summed E-state index contributed by atoms with van der Waals surface area (Å²) in [6.07, 6.45) is 0. The third-order valence-corrected chi connectivity index (χ3v) is 4.76. The molecule has 152 valence electrons. The van der Waals surface area contributed by atoms with Crippen molar-refractivity contribution in [2.45, 2.75) is 39.8 Å². The zero-order valence-corrected chi connectivity index (χ0v) is 16.8. The van der Waals surface area contributed by atoms with Gasteiger partial charge in [-0.05, 0) is 36.6 Å². The number of carbonyl (C=O) groups is 1. The predicted molar refractivity (Wildman–Crippen MR) is 109 cm³/mol. The molecule has 1 N–H and O–H groups in total. The molecule has 0 aliphatic carbocycles. The predicted octanol–water partition coefficient (Wildman–Crippen LogP) is 2.64. The summed E-state index contributed by atoms with van der Waals surface area (Å²) in [5.74, 6) is -0.808. The molecule has 0 unspecified atom stereocenters. The number of amides is 1. The summed E-state index contributed by atoms with van der Waals surface area (Å²) in [5, 5.41) is 0.0759. The molecule has 0 saturated carbocycles. The summed E-state index contributed by atoms with van der Waals surface area (Å²) < 4.78 is 14.8. The van der Waals surface area contributed by atoms with E-state index in [9.17, 15) is 18.8 Å². The molecule has 7 nitrogen and oxygen atoms in total. The van der Waals surface area contributed by atoms with Crippen LogP contribution in [0.5, 0.6) is 0 Å². The summed E-state index contributed by atoms with van der Waals surface area (Å²) in [7, 11) is 1.58. The largest absolute Gasteiger partial charge is 0.337 e. The van der Waals surface area contributed by atoms with E-state index in [1.54, 1.807) is 32.2 Å². The Morgan fingerprint density at radius 2 is 2.00 bits per heavy atom. The lowest BCUT2D eigenvalue weighted by Crippen LogP contribution is -2.33. The molecule has 0 saturated heterocycles. The summed E-state index contributed by atoms with van der Waals surface area (Å²) in [5.41, 5.74) is 0.371. The number of halogens is 1. The molecule has 0 fully saturated rings. The van der Waals surface area contributed by atoms with Gasteiger partial charge in [0.15, 0.2) is 5.65 Å². The number of nitrogens with one attached hydrogen (secondary N) is 1. The van der Waals surface area contributed by atoms with Gasteiger partial charge in [0.1, 0.15) is 5.82 Å². The highest BCUT2D eigenvalue weighted by molar-refractivity contribution is 6.05. The smallest absolute Gasteiger partial charge is 0.329 e. The Labute approximate surface area is 166 Å². The molecule has 2 aromatic heterocycles. The third-order valence-electron chi connectivity index (χ3n) is 4.76. The maximum atomic E-state index is 13.5. The monoisotopic (exact) mass is 398 g/mol. The number of aromatic amines is 1. The third kappa shape index (κ3) is 3.96. The highest BCUT2D eigenvalue weighted by Gasteiger charge is 2.22. The number of fused-ring (bicyclic) bond motifs is 1. The molecule has 2 heterocycles. The van der Waals surface area contributed by atoms with Crippen LogP contribution in [0.1, 0.15) is 48.3 Å². The molecule has 0 atom stereocenters. The maximum absolute atomic E-state index is 13.5. The van der Waals surface area contributed by atoms with Gasteiger partial charge in [0.25, 0.3) is 11.5 Å². The van der Waals surface area contributed by atoms with Gasteiger partial charge in [-0.25, -0.2) is 14.2 Å². The van der Waals surface area contributed by atoms with E-state index in [0.29, 0.717) is 17.8 Å². The van der Waals surface area contributed by atoms with E-state index < -0.39 is 17.2 Å². The Morgan fingerprint density at radius 1 is 1.28 bits per heavy atom. The number of carbonyl (C=O) groups excluding carboxylic acids is 1. The molecule has 1 aromatic carbocycles. The number of aromatic nitrogens is 3. The van der Waals surface area contributed by atoms with Crippen LogP contribution in [0, 0.1) is 5.82 Å². The number of rotatable bonds is 5. The van der Waals surface area contributed by atoms with Gasteiger partial charge >= 0.3 is 5.69 Å². The first kappa shape index (κ1) is 20.4. The number of hydrogen-bond acceptors (Lipinski definition) is 4. The van der Waals surface area contributed by atoms with Crippen LogP contribution in [0.2, 0.25) is 0 Å². The Kier molecular flexibility index (Phi) is 5.63. The van der Waals surface area contributed by atoms with Gasteiger partial charge < -0.3 is 4.90 Å². The van der Waals surface area contributed by atoms with Gasteiger partial charge in [-0.3, -0.25) is 19.1 Å². The van der Waals surface area contributed by atoms with Gasteiger partial charge in [-0.1, -0.05) is 26.0 Å². The number of H-pyrrole nitrogens is 1. The topological polar surface area (TPSA) is 88.1 Å². The van der Waals surface area contributed by atoms with Gasteiger partial charge in [0.2, 0.25) is 0 Å². The maximum Gasteiger partial charge on any atom is 0.329 e. The first-order chi connectivity index (χ1) is 13.7. The molecule has 3 aromatic rings. The average molecular weight is 398 g/mol. The van der Waals surface area contributed by atoms with E-state index in [-0.39, 0.29) is 34.9 Å². The molecule has 8 heteroatoms. The van der Waals surface area contributed by atoms with E-state index in [2.05, 4.69) is 9.97 Å². The number of nitrogens with zero attached hydrogens (tertiary/aromatic N) is 3. The summed E-state index contributed by atoms with van der Waals surface area (Å²) in [6.45, 7) is 6.07. The average Bonchev–Trinajstić information content (AvgIpc) is 2.66. The lowest BCUT2D eigenvalue weighted by Gasteiger charge is -2.20. The Hall–Kier alpha value is -3.29. The van der Waals surface area contributed by atoms with Crippen molar-refractivity contribution < 1.29 is 9.18 Å². The van der Waals surface area contributed by atoms with Crippen molar-refractivity contribution in [3.63, 3.8) is 0 Å². The first-order valence-corrected chi connectivity index (χ1v) is 9.40. The van der Waals surface area contributed by atoms with Crippen LogP contribution in [-0.2, 0) is 13.1 Å². The van der Waals surface area contributed by atoms with Crippen molar-refractivity contribution in [2.75, 3.05) is 7.05 Å². The lowest BCUT2D eigenvalue weighted by molar-refractivity contribution is 0.0786. The zero-order chi connectivity index (χ0) is 21.3. The summed E-state index contributed by atoms with van der Waals surface area (Å²) in [4.78, 5) is 46.1. The second kappa shape index (κ2) is 7.98. The van der Waals surface area contributed by atoms with Gasteiger partial charge in [-0.15, -0.1) is 0 Å². The van der Waals surface area contributed by atoms with Crippen LogP contribution in [0.4, 0.5) is 4.39 Å². The lowest BCUT2D eigenvalue weighted by atomic mass is 10.0. The molecular weight excluding hydrogens is 375 g/mol. The van der Waals surface area contributed by atoms with Crippen molar-refractivity contribution >= 4 is 16.9 Å². The van der Waals surface area contributed by atoms with Crippen LogP contribution in [0.3, 0.4) is 0 Å². The fourth-order valence-electron chi connectivity index (χ4n) is 3.24. The van der Waals surface area contributed by atoms with Crippen molar-refractivity contribution in [2.24, 2.45) is 0 Å². The van der Waals surface area contributed by atoms with Gasteiger partial charge in [0.05, 0.1) is 10.9 Å². The second-order valence-corrected chi connectivity index (χ2v) is 7.24. The SMILES string of the molecule is CCn1c(=O)[nH]c(=O)c2c(C(=O)N(C)Cc3cccc(F)c3)cc(C(C)C)nc21. The van der Waals surface area contributed by atoms with Crippen molar-refractivity contribution in [1.82, 2.24) is 19.4 Å². The minimum atomic E-state index is -0.653. The molecule has 29 heavy (non-hydrogen) atoms. The Morgan fingerprint density at radius 3 is 2.62 bits per heavy atom. The van der Waals surface area contributed by atoms with Crippen molar-refractivity contribution in [3.8, 4) is 0 Å².